The minimum atomic E-state index is -0.938. The molecule has 1 N–H and O–H groups in total. The molecular formula is C15H22O8. The molecule has 1 rings (SSSR count). The third-order valence-electron chi connectivity index (χ3n) is 2.92. The van der Waals surface area contributed by atoms with Crippen LogP contribution in [0, 0.1) is 0 Å². The summed E-state index contributed by atoms with van der Waals surface area (Å²) in [5.41, 5.74) is 0.525. The van der Waals surface area contributed by atoms with Crippen LogP contribution < -0.4 is 18.9 Å². The second-order valence-corrected chi connectivity index (χ2v) is 4.41. The molecule has 8 heteroatoms. The molecule has 0 spiro atoms. The number of hydrogen-bond donors (Lipinski definition) is 1. The fourth-order valence-corrected chi connectivity index (χ4v) is 1.99. The standard InChI is InChI=1S/C15H22O8/c1-18-8-22-12-7-11(20-3)15(23-9-19-2)10(14(12)21-4)5-6-13(16)17/h7H,5-6,8-9H2,1-4H3,(H,16,17). The van der Waals surface area contributed by atoms with Gasteiger partial charge in [-0.05, 0) is 6.42 Å². The molecule has 23 heavy (non-hydrogen) atoms. The Labute approximate surface area is 134 Å². The molecule has 0 aromatic heterocycles. The topological polar surface area (TPSA) is 92.7 Å². The lowest BCUT2D eigenvalue weighted by atomic mass is 10.1. The van der Waals surface area contributed by atoms with E-state index in [1.807, 2.05) is 0 Å². The molecule has 0 aliphatic heterocycles. The van der Waals surface area contributed by atoms with Gasteiger partial charge >= 0.3 is 5.97 Å². The Bertz CT molecular complexity index is 515. The van der Waals surface area contributed by atoms with Crippen LogP contribution in [0.15, 0.2) is 6.07 Å². The number of benzene rings is 1. The number of carboxylic acids is 1. The molecule has 0 bridgehead atoms. The van der Waals surface area contributed by atoms with Crippen LogP contribution >= 0.6 is 0 Å². The molecule has 1 aromatic rings. The summed E-state index contributed by atoms with van der Waals surface area (Å²) in [6.45, 7) is -0.00593. The highest BCUT2D eigenvalue weighted by Gasteiger charge is 2.23. The Hall–Kier alpha value is -2.19. The smallest absolute Gasteiger partial charge is 0.303 e. The van der Waals surface area contributed by atoms with E-state index in [-0.39, 0.29) is 26.4 Å². The van der Waals surface area contributed by atoms with Crippen molar-refractivity contribution < 1.29 is 38.3 Å². The second kappa shape index (κ2) is 9.75. The van der Waals surface area contributed by atoms with Crippen molar-refractivity contribution in [2.75, 3.05) is 42.0 Å². The SMILES string of the molecule is COCOc1cc(OC)c(OCOC)c(CCC(=O)O)c1OC. The van der Waals surface area contributed by atoms with Crippen LogP contribution in [0.25, 0.3) is 0 Å². The number of carboxylic acid groups (broad SMARTS) is 1. The van der Waals surface area contributed by atoms with Crippen molar-refractivity contribution in [1.82, 2.24) is 0 Å². The lowest BCUT2D eigenvalue weighted by Gasteiger charge is -2.20. The molecule has 0 amide bonds. The molecule has 0 atom stereocenters. The predicted molar refractivity (Wildman–Crippen MR) is 80.5 cm³/mol. The van der Waals surface area contributed by atoms with Gasteiger partial charge < -0.3 is 33.5 Å². The van der Waals surface area contributed by atoms with E-state index in [0.29, 0.717) is 28.6 Å². The lowest BCUT2D eigenvalue weighted by molar-refractivity contribution is -0.136. The van der Waals surface area contributed by atoms with Gasteiger partial charge in [-0.25, -0.2) is 0 Å². The Morgan fingerprint density at radius 2 is 1.61 bits per heavy atom. The summed E-state index contributed by atoms with van der Waals surface area (Å²) in [5.74, 6) is 0.546. The number of hydrogen-bond acceptors (Lipinski definition) is 7. The van der Waals surface area contributed by atoms with Crippen molar-refractivity contribution in [1.29, 1.82) is 0 Å². The van der Waals surface area contributed by atoms with Crippen LogP contribution in [0.3, 0.4) is 0 Å². The van der Waals surface area contributed by atoms with Crippen LogP contribution in [0.5, 0.6) is 23.0 Å². The summed E-state index contributed by atoms with van der Waals surface area (Å²) in [6, 6.07) is 1.59. The van der Waals surface area contributed by atoms with Crippen molar-refractivity contribution in [3.8, 4) is 23.0 Å². The molecule has 0 aliphatic rings. The highest BCUT2D eigenvalue weighted by molar-refractivity contribution is 5.69. The van der Waals surface area contributed by atoms with Crippen molar-refractivity contribution in [3.63, 3.8) is 0 Å². The average molecular weight is 330 g/mol. The van der Waals surface area contributed by atoms with Crippen LogP contribution in [0.2, 0.25) is 0 Å². The minimum Gasteiger partial charge on any atom is -0.493 e. The molecule has 0 saturated carbocycles. The number of ether oxygens (including phenoxy) is 6. The van der Waals surface area contributed by atoms with E-state index < -0.39 is 5.97 Å². The van der Waals surface area contributed by atoms with Crippen LogP contribution in [-0.2, 0) is 20.7 Å². The highest BCUT2D eigenvalue weighted by atomic mass is 16.7. The molecular weight excluding hydrogens is 308 g/mol. The van der Waals surface area contributed by atoms with E-state index in [9.17, 15) is 4.79 Å². The fraction of sp³-hybridized carbons (Fsp3) is 0.533. The number of carbonyl (C=O) groups is 1. The van der Waals surface area contributed by atoms with Gasteiger partial charge in [0.2, 0.25) is 0 Å². The molecule has 8 nitrogen and oxygen atoms in total. The average Bonchev–Trinajstić information content (AvgIpc) is 2.55. The third-order valence-corrected chi connectivity index (χ3v) is 2.92. The molecule has 1 aromatic carbocycles. The Morgan fingerprint density at radius 1 is 0.957 bits per heavy atom. The first-order chi connectivity index (χ1) is 11.1. The Morgan fingerprint density at radius 3 is 2.13 bits per heavy atom. The normalized spacial score (nSPS) is 10.3. The van der Waals surface area contributed by atoms with E-state index in [4.69, 9.17) is 33.5 Å². The zero-order valence-electron chi connectivity index (χ0n) is 13.7. The number of methoxy groups -OCH3 is 4. The molecule has 0 saturated heterocycles. The Balaban J connectivity index is 3.35. The molecule has 0 heterocycles. The zero-order valence-corrected chi connectivity index (χ0v) is 13.7. The van der Waals surface area contributed by atoms with Gasteiger partial charge in [-0.2, -0.15) is 0 Å². The van der Waals surface area contributed by atoms with Crippen molar-refractivity contribution in [2.45, 2.75) is 12.8 Å². The summed E-state index contributed by atoms with van der Waals surface area (Å²) >= 11 is 0. The zero-order chi connectivity index (χ0) is 17.2. The number of rotatable bonds is 11. The summed E-state index contributed by atoms with van der Waals surface area (Å²) < 4.78 is 31.5. The van der Waals surface area contributed by atoms with Gasteiger partial charge in [-0.3, -0.25) is 4.79 Å². The van der Waals surface area contributed by atoms with Crippen molar-refractivity contribution in [2.24, 2.45) is 0 Å². The number of aliphatic carboxylic acids is 1. The van der Waals surface area contributed by atoms with Gasteiger partial charge in [0.25, 0.3) is 0 Å². The van der Waals surface area contributed by atoms with Gasteiger partial charge in [-0.15, -0.1) is 0 Å². The largest absolute Gasteiger partial charge is 0.493 e. The quantitative estimate of drug-likeness (QED) is 0.613. The first kappa shape index (κ1) is 18.9. The second-order valence-electron chi connectivity index (χ2n) is 4.41. The summed E-state index contributed by atoms with van der Waals surface area (Å²) in [6.07, 6.45) is 0.0781. The van der Waals surface area contributed by atoms with E-state index >= 15 is 0 Å². The van der Waals surface area contributed by atoms with Crippen LogP contribution in [-0.4, -0.2) is 53.1 Å². The van der Waals surface area contributed by atoms with Gasteiger partial charge in [-0.1, -0.05) is 0 Å². The maximum atomic E-state index is 10.9. The summed E-state index contributed by atoms with van der Waals surface area (Å²) in [5, 5.41) is 8.95. The Kier molecular flexibility index (Phi) is 8.00. The van der Waals surface area contributed by atoms with E-state index in [1.54, 1.807) is 6.07 Å². The first-order valence-corrected chi connectivity index (χ1v) is 6.82. The van der Waals surface area contributed by atoms with E-state index in [0.717, 1.165) is 0 Å². The maximum absolute atomic E-state index is 10.9. The molecule has 0 fully saturated rings. The third kappa shape index (κ3) is 5.19. The molecule has 0 radical (unpaired) electrons. The van der Waals surface area contributed by atoms with Crippen molar-refractivity contribution in [3.05, 3.63) is 11.6 Å². The lowest BCUT2D eigenvalue weighted by Crippen LogP contribution is -2.09. The van der Waals surface area contributed by atoms with Gasteiger partial charge in [0.05, 0.1) is 14.2 Å². The fourth-order valence-electron chi connectivity index (χ4n) is 1.99. The minimum absolute atomic E-state index is 0.0101. The highest BCUT2D eigenvalue weighted by Crippen LogP contribution is 2.45. The van der Waals surface area contributed by atoms with Gasteiger partial charge in [0.15, 0.2) is 36.6 Å². The summed E-state index contributed by atoms with van der Waals surface area (Å²) in [7, 11) is 5.91. The van der Waals surface area contributed by atoms with E-state index in [2.05, 4.69) is 0 Å². The van der Waals surface area contributed by atoms with Gasteiger partial charge in [0, 0.05) is 32.3 Å². The van der Waals surface area contributed by atoms with Crippen LogP contribution in [0.1, 0.15) is 12.0 Å². The van der Waals surface area contributed by atoms with Crippen LogP contribution in [0.4, 0.5) is 0 Å². The monoisotopic (exact) mass is 330 g/mol. The van der Waals surface area contributed by atoms with Gasteiger partial charge in [0.1, 0.15) is 0 Å². The molecule has 130 valence electrons. The molecule has 0 unspecified atom stereocenters. The maximum Gasteiger partial charge on any atom is 0.303 e. The van der Waals surface area contributed by atoms with Crippen molar-refractivity contribution >= 4 is 5.97 Å². The van der Waals surface area contributed by atoms with E-state index in [1.165, 1.54) is 28.4 Å². The first-order valence-electron chi connectivity index (χ1n) is 6.82. The summed E-state index contributed by atoms with van der Waals surface area (Å²) in [4.78, 5) is 10.9. The molecule has 0 aliphatic carbocycles. The predicted octanol–water partition coefficient (Wildman–Crippen LogP) is 1.69.